The van der Waals surface area contributed by atoms with Crippen molar-refractivity contribution in [2.24, 2.45) is 0 Å². The van der Waals surface area contributed by atoms with Gasteiger partial charge in [-0.1, -0.05) is 27.3 Å². The molecule has 1 aromatic carbocycles. The second kappa shape index (κ2) is 4.66. The van der Waals surface area contributed by atoms with Crippen LogP contribution in [-0.2, 0) is 6.18 Å². The maximum atomic E-state index is 12.3. The second-order valence-electron chi connectivity index (χ2n) is 3.05. The van der Waals surface area contributed by atoms with Gasteiger partial charge in [0.25, 0.3) is 5.19 Å². The molecule has 0 saturated heterocycles. The fourth-order valence-corrected chi connectivity index (χ4v) is 2.00. The van der Waals surface area contributed by atoms with Gasteiger partial charge >= 0.3 is 6.18 Å². The molecule has 0 bridgehead atoms. The maximum absolute atomic E-state index is 12.3. The number of ether oxygens (including phenoxy) is 1. The zero-order chi connectivity index (χ0) is 12.5. The number of hydrogen-bond donors (Lipinski definition) is 0. The molecule has 1 heterocycles. The largest absolute Gasteiger partial charge is 0.434 e. The number of aromatic nitrogens is 1. The number of halogens is 4. The van der Waals surface area contributed by atoms with Crippen molar-refractivity contribution in [3.05, 3.63) is 39.8 Å². The molecule has 0 radical (unpaired) electrons. The summed E-state index contributed by atoms with van der Waals surface area (Å²) in [5, 5.41) is 0.897. The topological polar surface area (TPSA) is 22.1 Å². The van der Waals surface area contributed by atoms with Crippen LogP contribution in [0.5, 0.6) is 10.9 Å². The molecule has 90 valence electrons. The smallest absolute Gasteiger partial charge is 0.431 e. The van der Waals surface area contributed by atoms with Gasteiger partial charge in [-0.05, 0) is 24.3 Å². The Morgan fingerprint density at radius 1 is 1.18 bits per heavy atom. The Morgan fingerprint density at radius 3 is 2.35 bits per heavy atom. The van der Waals surface area contributed by atoms with Gasteiger partial charge in [-0.2, -0.15) is 18.2 Å². The van der Waals surface area contributed by atoms with E-state index in [9.17, 15) is 13.2 Å². The minimum absolute atomic E-state index is 0.0281. The summed E-state index contributed by atoms with van der Waals surface area (Å²) in [6.45, 7) is 0. The van der Waals surface area contributed by atoms with E-state index in [1.807, 2.05) is 0 Å². The number of hydrogen-bond acceptors (Lipinski definition) is 3. The van der Waals surface area contributed by atoms with Crippen LogP contribution in [0.15, 0.2) is 34.1 Å². The Bertz CT molecular complexity index is 509. The zero-order valence-electron chi connectivity index (χ0n) is 8.16. The van der Waals surface area contributed by atoms with Crippen molar-refractivity contribution in [2.45, 2.75) is 6.18 Å². The van der Waals surface area contributed by atoms with Crippen molar-refractivity contribution in [3.8, 4) is 10.9 Å². The molecule has 0 saturated carbocycles. The van der Waals surface area contributed by atoms with E-state index in [1.54, 1.807) is 24.3 Å². The lowest BCUT2D eigenvalue weighted by molar-refractivity contribution is -0.140. The van der Waals surface area contributed by atoms with E-state index in [-0.39, 0.29) is 5.19 Å². The molecule has 2 nitrogen and oxygen atoms in total. The Kier molecular flexibility index (Phi) is 3.39. The number of rotatable bonds is 2. The van der Waals surface area contributed by atoms with Crippen molar-refractivity contribution in [1.29, 1.82) is 0 Å². The highest BCUT2D eigenvalue weighted by molar-refractivity contribution is 9.10. The van der Waals surface area contributed by atoms with Crippen LogP contribution in [0, 0.1) is 0 Å². The molecule has 0 aliphatic carbocycles. The lowest BCUT2D eigenvalue weighted by atomic mass is 10.3. The van der Waals surface area contributed by atoms with Crippen molar-refractivity contribution >= 4 is 27.3 Å². The quantitative estimate of drug-likeness (QED) is 0.798. The van der Waals surface area contributed by atoms with Gasteiger partial charge < -0.3 is 4.74 Å². The van der Waals surface area contributed by atoms with Gasteiger partial charge in [0.2, 0.25) is 0 Å². The Balaban J connectivity index is 2.14. The van der Waals surface area contributed by atoms with Crippen LogP contribution in [0.25, 0.3) is 0 Å². The minimum atomic E-state index is -4.43. The third-order valence-electron chi connectivity index (χ3n) is 1.79. The molecule has 0 aliphatic heterocycles. The maximum Gasteiger partial charge on any atom is 0.434 e. The average Bonchev–Trinajstić information content (AvgIpc) is 2.69. The summed E-state index contributed by atoms with van der Waals surface area (Å²) in [6, 6.07) is 6.73. The molecule has 0 amide bonds. The summed E-state index contributed by atoms with van der Waals surface area (Å²) in [6.07, 6.45) is -4.43. The van der Waals surface area contributed by atoms with Gasteiger partial charge in [0, 0.05) is 9.85 Å². The van der Waals surface area contributed by atoms with E-state index in [2.05, 4.69) is 20.9 Å². The normalized spacial score (nSPS) is 11.5. The predicted molar refractivity (Wildman–Crippen MR) is 61.3 cm³/mol. The standard InChI is InChI=1S/C10H5BrF3NOS/c11-6-1-3-7(4-2-6)16-9-15-8(5-17-9)10(12,13)14/h1-5H. The fourth-order valence-electron chi connectivity index (χ4n) is 1.04. The lowest BCUT2D eigenvalue weighted by Crippen LogP contribution is -2.04. The van der Waals surface area contributed by atoms with E-state index in [0.717, 1.165) is 21.2 Å². The van der Waals surface area contributed by atoms with Crippen molar-refractivity contribution in [1.82, 2.24) is 4.98 Å². The average molecular weight is 324 g/mol. The Labute approximate surface area is 107 Å². The minimum Gasteiger partial charge on any atom is -0.431 e. The fraction of sp³-hybridized carbons (Fsp3) is 0.100. The summed E-state index contributed by atoms with van der Waals surface area (Å²) < 4.78 is 42.9. The van der Waals surface area contributed by atoms with Crippen molar-refractivity contribution in [2.75, 3.05) is 0 Å². The van der Waals surface area contributed by atoms with Crippen LogP contribution >= 0.6 is 27.3 Å². The molecule has 0 N–H and O–H groups in total. The zero-order valence-corrected chi connectivity index (χ0v) is 10.6. The molecule has 2 aromatic rings. The van der Waals surface area contributed by atoms with Crippen LogP contribution < -0.4 is 4.74 Å². The number of thiazole rings is 1. The highest BCUT2D eigenvalue weighted by Gasteiger charge is 2.34. The second-order valence-corrected chi connectivity index (χ2v) is 4.79. The first kappa shape index (κ1) is 12.4. The van der Waals surface area contributed by atoms with Crippen LogP contribution in [0.1, 0.15) is 5.69 Å². The van der Waals surface area contributed by atoms with E-state index in [4.69, 9.17) is 4.74 Å². The number of benzene rings is 1. The van der Waals surface area contributed by atoms with E-state index in [0.29, 0.717) is 5.75 Å². The van der Waals surface area contributed by atoms with Crippen LogP contribution in [0.2, 0.25) is 0 Å². The molecule has 1 aromatic heterocycles. The van der Waals surface area contributed by atoms with Gasteiger partial charge in [0.05, 0.1) is 0 Å². The van der Waals surface area contributed by atoms with Crippen molar-refractivity contribution < 1.29 is 17.9 Å². The van der Waals surface area contributed by atoms with E-state index >= 15 is 0 Å². The molecule has 0 unspecified atom stereocenters. The molecular weight excluding hydrogens is 319 g/mol. The Hall–Kier alpha value is -1.08. The van der Waals surface area contributed by atoms with Gasteiger partial charge in [-0.3, -0.25) is 0 Å². The SMILES string of the molecule is FC(F)(F)c1csc(Oc2ccc(Br)cc2)n1. The van der Waals surface area contributed by atoms with Crippen LogP contribution in [0.4, 0.5) is 13.2 Å². The van der Waals surface area contributed by atoms with Crippen LogP contribution in [0.3, 0.4) is 0 Å². The molecule has 0 spiro atoms. The summed E-state index contributed by atoms with van der Waals surface area (Å²) in [5.41, 5.74) is -0.936. The van der Waals surface area contributed by atoms with E-state index < -0.39 is 11.9 Å². The first-order valence-electron chi connectivity index (χ1n) is 4.41. The van der Waals surface area contributed by atoms with Crippen LogP contribution in [-0.4, -0.2) is 4.98 Å². The molecular formula is C10H5BrF3NOS. The molecule has 0 aliphatic rings. The predicted octanol–water partition coefficient (Wildman–Crippen LogP) is 4.72. The number of alkyl halides is 3. The van der Waals surface area contributed by atoms with Crippen molar-refractivity contribution in [3.63, 3.8) is 0 Å². The molecule has 0 fully saturated rings. The van der Waals surface area contributed by atoms with E-state index in [1.165, 1.54) is 0 Å². The summed E-state index contributed by atoms with van der Waals surface area (Å²) in [5.74, 6) is 0.441. The molecule has 0 atom stereocenters. The third-order valence-corrected chi connectivity index (χ3v) is 3.04. The van der Waals surface area contributed by atoms with Gasteiger partial charge in [-0.15, -0.1) is 0 Å². The highest BCUT2D eigenvalue weighted by Crippen LogP contribution is 2.34. The van der Waals surface area contributed by atoms with Gasteiger partial charge in [0.1, 0.15) is 5.75 Å². The summed E-state index contributed by atoms with van der Waals surface area (Å²) in [7, 11) is 0. The molecule has 2 rings (SSSR count). The highest BCUT2D eigenvalue weighted by atomic mass is 79.9. The Morgan fingerprint density at radius 2 is 1.82 bits per heavy atom. The number of nitrogens with zero attached hydrogens (tertiary/aromatic N) is 1. The lowest BCUT2D eigenvalue weighted by Gasteiger charge is -2.02. The molecule has 17 heavy (non-hydrogen) atoms. The van der Waals surface area contributed by atoms with Gasteiger partial charge in [0.15, 0.2) is 5.69 Å². The summed E-state index contributed by atoms with van der Waals surface area (Å²) >= 11 is 4.05. The first-order valence-corrected chi connectivity index (χ1v) is 6.08. The third kappa shape index (κ3) is 3.19. The summed E-state index contributed by atoms with van der Waals surface area (Å²) in [4.78, 5) is 3.36. The first-order chi connectivity index (χ1) is 7.95. The monoisotopic (exact) mass is 323 g/mol. The molecule has 7 heteroatoms. The van der Waals surface area contributed by atoms with Gasteiger partial charge in [-0.25, -0.2) is 0 Å².